The molecule has 188 valence electrons. The molecule has 0 bridgehead atoms. The highest BCUT2D eigenvalue weighted by molar-refractivity contribution is 6.06. The first-order valence-corrected chi connectivity index (χ1v) is 12.5. The number of aromatic nitrogens is 4. The van der Waals surface area contributed by atoms with Gasteiger partial charge in [-0.05, 0) is 57.1 Å². The Morgan fingerprint density at radius 2 is 1.89 bits per heavy atom. The molecule has 0 atom stereocenters. The molecule has 0 aliphatic heterocycles. The second kappa shape index (κ2) is 11.4. The Kier molecular flexibility index (Phi) is 8.07. The molecule has 36 heavy (non-hydrogen) atoms. The van der Waals surface area contributed by atoms with E-state index < -0.39 is 0 Å². The predicted octanol–water partition coefficient (Wildman–Crippen LogP) is 4.13. The van der Waals surface area contributed by atoms with Crippen molar-refractivity contribution in [3.8, 4) is 11.3 Å². The van der Waals surface area contributed by atoms with Crippen LogP contribution in [-0.2, 0) is 13.1 Å². The van der Waals surface area contributed by atoms with E-state index >= 15 is 0 Å². The monoisotopic (exact) mass is 485 g/mol. The number of pyridine rings is 2. The van der Waals surface area contributed by atoms with Gasteiger partial charge >= 0.3 is 0 Å². The first kappa shape index (κ1) is 25.5. The van der Waals surface area contributed by atoms with Crippen molar-refractivity contribution < 1.29 is 4.79 Å². The third kappa shape index (κ3) is 5.61. The Morgan fingerprint density at radius 3 is 2.58 bits per heavy atom. The van der Waals surface area contributed by atoms with Gasteiger partial charge in [0.1, 0.15) is 0 Å². The van der Waals surface area contributed by atoms with Crippen LogP contribution in [0.1, 0.15) is 48.3 Å². The summed E-state index contributed by atoms with van der Waals surface area (Å²) in [6.45, 7) is 9.42. The van der Waals surface area contributed by atoms with Gasteiger partial charge in [0, 0.05) is 56.7 Å². The molecule has 0 spiro atoms. The van der Waals surface area contributed by atoms with Crippen molar-refractivity contribution in [3.63, 3.8) is 0 Å². The van der Waals surface area contributed by atoms with E-state index in [1.807, 2.05) is 46.8 Å². The van der Waals surface area contributed by atoms with Gasteiger partial charge in [-0.3, -0.25) is 9.78 Å². The van der Waals surface area contributed by atoms with Gasteiger partial charge in [-0.2, -0.15) is 5.10 Å². The molecule has 0 saturated carbocycles. The number of benzene rings is 1. The highest BCUT2D eigenvalue weighted by Crippen LogP contribution is 2.28. The minimum Gasteiger partial charge on any atom is -0.335 e. The first-order chi connectivity index (χ1) is 17.4. The maximum absolute atomic E-state index is 13.9. The minimum atomic E-state index is -0.0443. The topological polar surface area (TPSA) is 93.2 Å². The summed E-state index contributed by atoms with van der Waals surface area (Å²) in [7, 11) is 2.06. The van der Waals surface area contributed by atoms with Crippen LogP contribution in [0.4, 0.5) is 0 Å². The standard InChI is InChI=1S/C28H35N7O/c1-5-34(19-22-9-7-12-30-16-22)28(36)24-15-26(32-27-25(24)17-31-35(27)20(2)3)23-10-6-8-21(14-23)18-33(4)13-11-29/h6-10,12,14-17,20H,5,11,13,18-19,29H2,1-4H3. The van der Waals surface area contributed by atoms with Crippen LogP contribution in [0.15, 0.2) is 61.1 Å². The van der Waals surface area contributed by atoms with Gasteiger partial charge in [-0.1, -0.05) is 24.3 Å². The van der Waals surface area contributed by atoms with Gasteiger partial charge in [-0.25, -0.2) is 9.67 Å². The van der Waals surface area contributed by atoms with Crippen LogP contribution in [0.3, 0.4) is 0 Å². The summed E-state index contributed by atoms with van der Waals surface area (Å²) in [5.41, 5.74) is 10.9. The molecule has 8 heteroatoms. The zero-order valence-corrected chi connectivity index (χ0v) is 21.6. The van der Waals surface area contributed by atoms with Gasteiger partial charge in [0.05, 0.1) is 22.8 Å². The fraction of sp³-hybridized carbons (Fsp3) is 0.357. The van der Waals surface area contributed by atoms with Gasteiger partial charge in [-0.15, -0.1) is 0 Å². The molecular formula is C28H35N7O. The smallest absolute Gasteiger partial charge is 0.255 e. The molecule has 0 saturated heterocycles. The molecule has 4 aromatic rings. The summed E-state index contributed by atoms with van der Waals surface area (Å²) >= 11 is 0. The summed E-state index contributed by atoms with van der Waals surface area (Å²) in [5.74, 6) is -0.0443. The van der Waals surface area contributed by atoms with Gasteiger partial charge < -0.3 is 15.5 Å². The molecule has 0 unspecified atom stereocenters. The summed E-state index contributed by atoms with van der Waals surface area (Å²) in [6.07, 6.45) is 5.30. The fourth-order valence-electron chi connectivity index (χ4n) is 4.37. The maximum Gasteiger partial charge on any atom is 0.255 e. The second-order valence-corrected chi connectivity index (χ2v) is 9.38. The molecule has 0 aliphatic carbocycles. The Bertz CT molecular complexity index is 1320. The molecule has 0 aliphatic rings. The number of rotatable bonds is 10. The molecule has 1 aromatic carbocycles. The van der Waals surface area contributed by atoms with Crippen LogP contribution in [-0.4, -0.2) is 62.1 Å². The molecular weight excluding hydrogens is 450 g/mol. The molecule has 0 radical (unpaired) electrons. The predicted molar refractivity (Wildman–Crippen MR) is 143 cm³/mol. The van der Waals surface area contributed by atoms with Crippen molar-refractivity contribution in [1.82, 2.24) is 29.5 Å². The van der Waals surface area contributed by atoms with Crippen molar-refractivity contribution >= 4 is 16.9 Å². The Balaban J connectivity index is 1.77. The average Bonchev–Trinajstić information content (AvgIpc) is 3.32. The number of nitrogens with zero attached hydrogens (tertiary/aromatic N) is 6. The summed E-state index contributed by atoms with van der Waals surface area (Å²) in [5, 5.41) is 5.34. The maximum atomic E-state index is 13.9. The largest absolute Gasteiger partial charge is 0.335 e. The van der Waals surface area contributed by atoms with Crippen molar-refractivity contribution in [2.24, 2.45) is 5.73 Å². The lowest BCUT2D eigenvalue weighted by Crippen LogP contribution is -2.30. The number of carbonyl (C=O) groups is 1. The lowest BCUT2D eigenvalue weighted by molar-refractivity contribution is 0.0754. The number of nitrogens with two attached hydrogens (primary N) is 1. The summed E-state index contributed by atoms with van der Waals surface area (Å²) < 4.78 is 1.88. The molecule has 3 aromatic heterocycles. The minimum absolute atomic E-state index is 0.0443. The highest BCUT2D eigenvalue weighted by atomic mass is 16.2. The highest BCUT2D eigenvalue weighted by Gasteiger charge is 2.22. The van der Waals surface area contributed by atoms with Crippen LogP contribution in [0.25, 0.3) is 22.3 Å². The number of likely N-dealkylation sites (N-methyl/N-ethyl adjacent to an activating group) is 1. The van der Waals surface area contributed by atoms with E-state index in [4.69, 9.17) is 10.7 Å². The van der Waals surface area contributed by atoms with E-state index in [2.05, 4.69) is 48.0 Å². The lowest BCUT2D eigenvalue weighted by Gasteiger charge is -2.22. The molecule has 0 fully saturated rings. The van der Waals surface area contributed by atoms with E-state index in [1.54, 1.807) is 18.6 Å². The quantitative estimate of drug-likeness (QED) is 0.363. The lowest BCUT2D eigenvalue weighted by atomic mass is 10.0. The van der Waals surface area contributed by atoms with Crippen molar-refractivity contribution in [2.75, 3.05) is 26.7 Å². The Labute approximate surface area is 212 Å². The van der Waals surface area contributed by atoms with Crippen LogP contribution in [0, 0.1) is 0 Å². The number of hydrogen-bond donors (Lipinski definition) is 1. The Hall–Kier alpha value is -3.62. The number of amides is 1. The van der Waals surface area contributed by atoms with Crippen LogP contribution >= 0.6 is 0 Å². The third-order valence-corrected chi connectivity index (χ3v) is 6.24. The van der Waals surface area contributed by atoms with Crippen LogP contribution in [0.2, 0.25) is 0 Å². The van der Waals surface area contributed by atoms with E-state index in [-0.39, 0.29) is 11.9 Å². The van der Waals surface area contributed by atoms with Crippen LogP contribution < -0.4 is 5.73 Å². The second-order valence-electron chi connectivity index (χ2n) is 9.38. The zero-order chi connectivity index (χ0) is 25.7. The van der Waals surface area contributed by atoms with Crippen molar-refractivity contribution in [3.05, 3.63) is 77.7 Å². The van der Waals surface area contributed by atoms with E-state index in [0.717, 1.165) is 35.3 Å². The number of fused-ring (bicyclic) bond motifs is 1. The average molecular weight is 486 g/mol. The number of carbonyl (C=O) groups excluding carboxylic acids is 1. The fourth-order valence-corrected chi connectivity index (χ4v) is 4.37. The molecule has 3 heterocycles. The van der Waals surface area contributed by atoms with Gasteiger partial charge in [0.2, 0.25) is 0 Å². The van der Waals surface area contributed by atoms with E-state index in [0.29, 0.717) is 30.8 Å². The van der Waals surface area contributed by atoms with Gasteiger partial charge in [0.15, 0.2) is 5.65 Å². The molecule has 1 amide bonds. The first-order valence-electron chi connectivity index (χ1n) is 12.5. The molecule has 2 N–H and O–H groups in total. The van der Waals surface area contributed by atoms with E-state index in [9.17, 15) is 4.79 Å². The van der Waals surface area contributed by atoms with Gasteiger partial charge in [0.25, 0.3) is 5.91 Å². The summed E-state index contributed by atoms with van der Waals surface area (Å²) in [6, 6.07) is 14.2. The number of hydrogen-bond acceptors (Lipinski definition) is 6. The Morgan fingerprint density at radius 1 is 1.08 bits per heavy atom. The van der Waals surface area contributed by atoms with Crippen molar-refractivity contribution in [2.45, 2.75) is 39.9 Å². The zero-order valence-electron chi connectivity index (χ0n) is 21.6. The molecule has 4 rings (SSSR count). The van der Waals surface area contributed by atoms with Crippen LogP contribution in [0.5, 0.6) is 0 Å². The third-order valence-electron chi connectivity index (χ3n) is 6.24. The molecule has 8 nitrogen and oxygen atoms in total. The normalized spacial score (nSPS) is 11.5. The van der Waals surface area contributed by atoms with E-state index in [1.165, 1.54) is 5.56 Å². The van der Waals surface area contributed by atoms with Crippen molar-refractivity contribution in [1.29, 1.82) is 0 Å². The SMILES string of the molecule is CCN(Cc1cccnc1)C(=O)c1cc(-c2cccc(CN(C)CCN)c2)nc2c1cnn2C(C)C. The summed E-state index contributed by atoms with van der Waals surface area (Å²) in [4.78, 5) is 27.1.